The molecule has 0 aromatic carbocycles. The highest BCUT2D eigenvalue weighted by molar-refractivity contribution is 5.92. The number of carbonyl (C=O) groups is 1. The van der Waals surface area contributed by atoms with E-state index in [4.69, 9.17) is 5.73 Å². The number of amides is 1. The monoisotopic (exact) mass is 220 g/mol. The van der Waals surface area contributed by atoms with Crippen LogP contribution in [0.3, 0.4) is 0 Å². The van der Waals surface area contributed by atoms with Crippen LogP contribution in [0.15, 0.2) is 12.4 Å². The van der Waals surface area contributed by atoms with Gasteiger partial charge in [0.05, 0.1) is 12.4 Å². The maximum atomic E-state index is 12.1. The van der Waals surface area contributed by atoms with Gasteiger partial charge in [-0.2, -0.15) is 0 Å². The van der Waals surface area contributed by atoms with E-state index in [0.717, 1.165) is 19.5 Å². The zero-order chi connectivity index (χ0) is 11.5. The summed E-state index contributed by atoms with van der Waals surface area (Å²) in [6, 6.07) is 0. The largest absolute Gasteiger partial charge is 0.382 e. The summed E-state index contributed by atoms with van der Waals surface area (Å²) in [5.41, 5.74) is 5.85. The van der Waals surface area contributed by atoms with Crippen molar-refractivity contribution in [2.75, 3.05) is 18.8 Å². The normalized spacial score (nSPS) is 20.8. The Kier molecular flexibility index (Phi) is 3.03. The Morgan fingerprint density at radius 2 is 2.38 bits per heavy atom. The van der Waals surface area contributed by atoms with Crippen molar-refractivity contribution in [2.24, 2.45) is 5.92 Å². The summed E-state index contributed by atoms with van der Waals surface area (Å²) in [5, 5.41) is 0. The lowest BCUT2D eigenvalue weighted by Gasteiger charge is -2.30. The molecule has 0 bridgehead atoms. The molecule has 1 aliphatic rings. The Labute approximate surface area is 94.7 Å². The second-order valence-corrected chi connectivity index (χ2v) is 4.33. The Bertz CT molecular complexity index is 393. The molecule has 1 fully saturated rings. The molecule has 1 atom stereocenters. The number of hydrogen-bond acceptors (Lipinski definition) is 4. The van der Waals surface area contributed by atoms with E-state index in [-0.39, 0.29) is 11.7 Å². The number of nitrogens with two attached hydrogens (primary N) is 1. The first-order valence-electron chi connectivity index (χ1n) is 5.53. The molecule has 0 radical (unpaired) electrons. The predicted octanol–water partition coefficient (Wildman–Crippen LogP) is 0.931. The number of nitrogens with zero attached hydrogens (tertiary/aromatic N) is 3. The van der Waals surface area contributed by atoms with E-state index in [1.165, 1.54) is 18.8 Å². The molecule has 0 spiro atoms. The molecule has 0 saturated carbocycles. The number of nitrogen functional groups attached to an aromatic ring is 1. The third kappa shape index (κ3) is 2.29. The van der Waals surface area contributed by atoms with Crippen LogP contribution >= 0.6 is 0 Å². The van der Waals surface area contributed by atoms with Crippen LogP contribution < -0.4 is 5.73 Å². The topological polar surface area (TPSA) is 72.1 Å². The summed E-state index contributed by atoms with van der Waals surface area (Å²) in [4.78, 5) is 21.8. The fourth-order valence-electron chi connectivity index (χ4n) is 2.02. The molecular weight excluding hydrogens is 204 g/mol. The summed E-state index contributed by atoms with van der Waals surface area (Å²) in [5.74, 6) is 0.786. The standard InChI is InChI=1S/C11H16N4O/c1-8-3-2-4-15(7-8)11(16)9-5-13-6-10(12)14-9/h5-6,8H,2-4,7H2,1H3,(H2,12,14). The van der Waals surface area contributed by atoms with Gasteiger partial charge in [0.25, 0.3) is 5.91 Å². The Morgan fingerprint density at radius 1 is 1.56 bits per heavy atom. The van der Waals surface area contributed by atoms with Gasteiger partial charge in [-0.05, 0) is 18.8 Å². The van der Waals surface area contributed by atoms with Crippen LogP contribution in [0.1, 0.15) is 30.3 Å². The van der Waals surface area contributed by atoms with Crippen LogP contribution in [0.4, 0.5) is 5.82 Å². The van der Waals surface area contributed by atoms with Gasteiger partial charge in [0.2, 0.25) is 0 Å². The molecule has 1 aromatic rings. The van der Waals surface area contributed by atoms with E-state index in [1.54, 1.807) is 0 Å². The van der Waals surface area contributed by atoms with Crippen molar-refractivity contribution in [3.8, 4) is 0 Å². The minimum Gasteiger partial charge on any atom is -0.382 e. The highest BCUT2D eigenvalue weighted by Crippen LogP contribution is 2.17. The van der Waals surface area contributed by atoms with Crippen LogP contribution in [0.5, 0.6) is 0 Å². The van der Waals surface area contributed by atoms with E-state index in [0.29, 0.717) is 11.6 Å². The summed E-state index contributed by atoms with van der Waals surface area (Å²) < 4.78 is 0. The molecule has 5 heteroatoms. The smallest absolute Gasteiger partial charge is 0.274 e. The van der Waals surface area contributed by atoms with Gasteiger partial charge in [0.1, 0.15) is 11.5 Å². The minimum atomic E-state index is -0.0636. The quantitative estimate of drug-likeness (QED) is 0.764. The van der Waals surface area contributed by atoms with Crippen LogP contribution in [-0.4, -0.2) is 33.9 Å². The van der Waals surface area contributed by atoms with Crippen molar-refractivity contribution in [1.82, 2.24) is 14.9 Å². The van der Waals surface area contributed by atoms with Crippen molar-refractivity contribution in [2.45, 2.75) is 19.8 Å². The van der Waals surface area contributed by atoms with Crippen molar-refractivity contribution in [3.05, 3.63) is 18.1 Å². The van der Waals surface area contributed by atoms with E-state index in [2.05, 4.69) is 16.9 Å². The Morgan fingerprint density at radius 3 is 3.06 bits per heavy atom. The maximum Gasteiger partial charge on any atom is 0.274 e. The molecule has 1 saturated heterocycles. The second kappa shape index (κ2) is 4.47. The third-order valence-corrected chi connectivity index (χ3v) is 2.82. The van der Waals surface area contributed by atoms with Crippen molar-refractivity contribution < 1.29 is 4.79 Å². The molecule has 1 amide bonds. The van der Waals surface area contributed by atoms with Crippen LogP contribution in [-0.2, 0) is 0 Å². The summed E-state index contributed by atoms with van der Waals surface area (Å²) in [7, 11) is 0. The van der Waals surface area contributed by atoms with E-state index < -0.39 is 0 Å². The fraction of sp³-hybridized carbons (Fsp3) is 0.545. The lowest BCUT2D eigenvalue weighted by atomic mass is 10.0. The van der Waals surface area contributed by atoms with Gasteiger partial charge in [-0.3, -0.25) is 9.78 Å². The first-order chi connectivity index (χ1) is 7.66. The van der Waals surface area contributed by atoms with Gasteiger partial charge < -0.3 is 10.6 Å². The van der Waals surface area contributed by atoms with Gasteiger partial charge in [-0.25, -0.2) is 4.98 Å². The highest BCUT2D eigenvalue weighted by atomic mass is 16.2. The molecular formula is C11H16N4O. The van der Waals surface area contributed by atoms with Gasteiger partial charge >= 0.3 is 0 Å². The fourth-order valence-corrected chi connectivity index (χ4v) is 2.02. The summed E-state index contributed by atoms with van der Waals surface area (Å²) in [6.07, 6.45) is 5.16. The first-order valence-corrected chi connectivity index (χ1v) is 5.53. The average molecular weight is 220 g/mol. The van der Waals surface area contributed by atoms with Gasteiger partial charge in [0, 0.05) is 13.1 Å². The van der Waals surface area contributed by atoms with Crippen molar-refractivity contribution >= 4 is 11.7 Å². The highest BCUT2D eigenvalue weighted by Gasteiger charge is 2.23. The summed E-state index contributed by atoms with van der Waals surface area (Å²) >= 11 is 0. The SMILES string of the molecule is CC1CCCN(C(=O)c2cncc(N)n2)C1. The number of hydrogen-bond donors (Lipinski definition) is 1. The molecule has 5 nitrogen and oxygen atoms in total. The average Bonchev–Trinajstić information content (AvgIpc) is 2.28. The lowest BCUT2D eigenvalue weighted by molar-refractivity contribution is 0.0676. The van der Waals surface area contributed by atoms with Crippen molar-refractivity contribution in [3.63, 3.8) is 0 Å². The van der Waals surface area contributed by atoms with Gasteiger partial charge in [-0.1, -0.05) is 6.92 Å². The summed E-state index contributed by atoms with van der Waals surface area (Å²) in [6.45, 7) is 3.76. The first kappa shape index (κ1) is 10.9. The Balaban J connectivity index is 2.12. The number of piperidine rings is 1. The van der Waals surface area contributed by atoms with Gasteiger partial charge in [0.15, 0.2) is 0 Å². The molecule has 2 rings (SSSR count). The molecule has 2 heterocycles. The molecule has 86 valence electrons. The Hall–Kier alpha value is -1.65. The predicted molar refractivity (Wildman–Crippen MR) is 60.7 cm³/mol. The lowest BCUT2D eigenvalue weighted by Crippen LogP contribution is -2.39. The number of aromatic nitrogens is 2. The van der Waals surface area contributed by atoms with Crippen molar-refractivity contribution in [1.29, 1.82) is 0 Å². The zero-order valence-corrected chi connectivity index (χ0v) is 9.39. The maximum absolute atomic E-state index is 12.1. The molecule has 1 aromatic heterocycles. The van der Waals surface area contributed by atoms with Crippen LogP contribution in [0, 0.1) is 5.92 Å². The molecule has 1 unspecified atom stereocenters. The van der Waals surface area contributed by atoms with Gasteiger partial charge in [-0.15, -0.1) is 0 Å². The van der Waals surface area contributed by atoms with E-state index in [1.807, 2.05) is 4.90 Å². The number of carbonyl (C=O) groups excluding carboxylic acids is 1. The molecule has 2 N–H and O–H groups in total. The van der Waals surface area contributed by atoms with Crippen LogP contribution in [0.25, 0.3) is 0 Å². The number of rotatable bonds is 1. The minimum absolute atomic E-state index is 0.0636. The molecule has 1 aliphatic heterocycles. The second-order valence-electron chi connectivity index (χ2n) is 4.33. The zero-order valence-electron chi connectivity index (χ0n) is 9.39. The van der Waals surface area contributed by atoms with E-state index in [9.17, 15) is 4.79 Å². The number of likely N-dealkylation sites (tertiary alicyclic amines) is 1. The number of anilines is 1. The third-order valence-electron chi connectivity index (χ3n) is 2.82. The molecule has 16 heavy (non-hydrogen) atoms. The van der Waals surface area contributed by atoms with E-state index >= 15 is 0 Å². The van der Waals surface area contributed by atoms with Crippen LogP contribution in [0.2, 0.25) is 0 Å². The molecule has 0 aliphatic carbocycles.